The molecule has 0 spiro atoms. The van der Waals surface area contributed by atoms with Crippen molar-refractivity contribution in [1.29, 1.82) is 0 Å². The molecule has 1 aliphatic carbocycles. The van der Waals surface area contributed by atoms with Gasteiger partial charge in [0.25, 0.3) is 0 Å². The minimum atomic E-state index is 0.294. The molecular weight excluding hydrogens is 212 g/mol. The fraction of sp³-hybridized carbons (Fsp3) is 1.00. The average molecular weight is 238 g/mol. The van der Waals surface area contributed by atoms with Crippen molar-refractivity contribution in [3.05, 3.63) is 0 Å². The van der Waals surface area contributed by atoms with E-state index < -0.39 is 0 Å². The van der Waals surface area contributed by atoms with Gasteiger partial charge >= 0.3 is 0 Å². The summed E-state index contributed by atoms with van der Waals surface area (Å²) in [6, 6.07) is 0. The lowest BCUT2D eigenvalue weighted by Crippen LogP contribution is -2.56. The molecule has 0 bridgehead atoms. The van der Waals surface area contributed by atoms with Gasteiger partial charge in [0, 0.05) is 30.8 Å². The van der Waals surface area contributed by atoms with E-state index in [1.807, 2.05) is 0 Å². The van der Waals surface area contributed by atoms with Gasteiger partial charge in [-0.15, -0.1) is 0 Å². The van der Waals surface area contributed by atoms with Gasteiger partial charge in [0.15, 0.2) is 0 Å². The van der Waals surface area contributed by atoms with Gasteiger partial charge in [0.1, 0.15) is 0 Å². The van der Waals surface area contributed by atoms with E-state index >= 15 is 0 Å². The normalized spacial score (nSPS) is 44.8. The number of hydrogen-bond donors (Lipinski definition) is 1. The first-order valence-corrected chi connectivity index (χ1v) is 7.20. The molecule has 17 heavy (non-hydrogen) atoms. The first-order valence-electron chi connectivity index (χ1n) is 7.20. The fourth-order valence-electron chi connectivity index (χ4n) is 3.54. The topological polar surface area (TPSA) is 24.5 Å². The van der Waals surface area contributed by atoms with Crippen LogP contribution in [0.1, 0.15) is 39.5 Å². The molecule has 0 aromatic rings. The zero-order chi connectivity index (χ0) is 11.9. The van der Waals surface area contributed by atoms with Crippen molar-refractivity contribution < 1.29 is 4.74 Å². The van der Waals surface area contributed by atoms with Gasteiger partial charge in [0.05, 0.1) is 6.61 Å². The summed E-state index contributed by atoms with van der Waals surface area (Å²) in [6.45, 7) is 10.3. The smallest absolute Gasteiger partial charge is 0.0648 e. The Morgan fingerprint density at radius 1 is 1.29 bits per heavy atom. The molecule has 3 fully saturated rings. The molecule has 0 aromatic carbocycles. The van der Waals surface area contributed by atoms with Gasteiger partial charge < -0.3 is 10.1 Å². The standard InChI is InChI=1S/C14H26N2O/c1-13(6-9-17-11-13)16-8-3-7-15-14(2,10-16)12-4-5-12/h12,15H,3-11H2,1-2H3. The fourth-order valence-corrected chi connectivity index (χ4v) is 3.54. The van der Waals surface area contributed by atoms with Crippen LogP contribution in [-0.2, 0) is 4.74 Å². The van der Waals surface area contributed by atoms with Crippen LogP contribution in [0.3, 0.4) is 0 Å². The van der Waals surface area contributed by atoms with E-state index in [1.165, 1.54) is 45.3 Å². The van der Waals surface area contributed by atoms with Gasteiger partial charge in [-0.3, -0.25) is 4.90 Å². The van der Waals surface area contributed by atoms with Crippen molar-refractivity contribution in [1.82, 2.24) is 10.2 Å². The Morgan fingerprint density at radius 2 is 2.12 bits per heavy atom. The van der Waals surface area contributed by atoms with Crippen LogP contribution in [0.4, 0.5) is 0 Å². The van der Waals surface area contributed by atoms with Crippen LogP contribution in [0.15, 0.2) is 0 Å². The maximum Gasteiger partial charge on any atom is 0.0648 e. The second-order valence-corrected chi connectivity index (χ2v) is 6.69. The molecule has 98 valence electrons. The molecule has 3 rings (SSSR count). The van der Waals surface area contributed by atoms with Gasteiger partial charge in [-0.05, 0) is 52.0 Å². The molecule has 2 aliphatic heterocycles. The molecule has 3 aliphatic rings. The van der Waals surface area contributed by atoms with Crippen LogP contribution in [0.2, 0.25) is 0 Å². The summed E-state index contributed by atoms with van der Waals surface area (Å²) in [5.41, 5.74) is 0.643. The van der Waals surface area contributed by atoms with E-state index in [-0.39, 0.29) is 0 Å². The molecule has 0 radical (unpaired) electrons. The van der Waals surface area contributed by atoms with Crippen LogP contribution in [0, 0.1) is 5.92 Å². The van der Waals surface area contributed by atoms with Gasteiger partial charge in [0.2, 0.25) is 0 Å². The molecule has 0 amide bonds. The van der Waals surface area contributed by atoms with Crippen molar-refractivity contribution in [3.63, 3.8) is 0 Å². The van der Waals surface area contributed by atoms with E-state index in [1.54, 1.807) is 0 Å². The molecule has 3 nitrogen and oxygen atoms in total. The van der Waals surface area contributed by atoms with E-state index in [0.29, 0.717) is 11.1 Å². The van der Waals surface area contributed by atoms with Crippen LogP contribution in [0.5, 0.6) is 0 Å². The molecule has 2 heterocycles. The van der Waals surface area contributed by atoms with Crippen molar-refractivity contribution in [2.45, 2.75) is 50.6 Å². The zero-order valence-electron chi connectivity index (χ0n) is 11.3. The Hall–Kier alpha value is -0.120. The number of ether oxygens (including phenoxy) is 1. The molecular formula is C14H26N2O. The zero-order valence-corrected chi connectivity index (χ0v) is 11.3. The van der Waals surface area contributed by atoms with Gasteiger partial charge in [-0.25, -0.2) is 0 Å². The van der Waals surface area contributed by atoms with Crippen molar-refractivity contribution in [2.24, 2.45) is 5.92 Å². The second kappa shape index (κ2) is 4.22. The van der Waals surface area contributed by atoms with Crippen LogP contribution < -0.4 is 5.32 Å². The third kappa shape index (κ3) is 2.25. The summed E-state index contributed by atoms with van der Waals surface area (Å²) in [6.07, 6.45) is 5.32. The highest BCUT2D eigenvalue weighted by Gasteiger charge is 2.46. The van der Waals surface area contributed by atoms with Crippen LogP contribution >= 0.6 is 0 Å². The number of hydrogen-bond acceptors (Lipinski definition) is 3. The molecule has 2 atom stereocenters. The summed E-state index contributed by atoms with van der Waals surface area (Å²) in [5, 5.41) is 3.81. The summed E-state index contributed by atoms with van der Waals surface area (Å²) < 4.78 is 5.64. The highest BCUT2D eigenvalue weighted by atomic mass is 16.5. The van der Waals surface area contributed by atoms with Crippen molar-refractivity contribution in [2.75, 3.05) is 32.8 Å². The lowest BCUT2D eigenvalue weighted by atomic mass is 9.91. The minimum absolute atomic E-state index is 0.294. The van der Waals surface area contributed by atoms with Gasteiger partial charge in [-0.1, -0.05) is 0 Å². The Kier molecular flexibility index (Phi) is 2.96. The molecule has 3 heteroatoms. The Morgan fingerprint density at radius 3 is 2.76 bits per heavy atom. The number of nitrogens with zero attached hydrogens (tertiary/aromatic N) is 1. The second-order valence-electron chi connectivity index (χ2n) is 6.69. The number of rotatable bonds is 2. The monoisotopic (exact) mass is 238 g/mol. The SMILES string of the molecule is CC1(C2CC2)CN(C2(C)CCOC2)CCCN1. The molecule has 2 saturated heterocycles. The quantitative estimate of drug-likeness (QED) is 0.791. The van der Waals surface area contributed by atoms with Crippen molar-refractivity contribution in [3.8, 4) is 0 Å². The molecule has 0 aromatic heterocycles. The highest BCUT2D eigenvalue weighted by Crippen LogP contribution is 2.42. The summed E-state index contributed by atoms with van der Waals surface area (Å²) in [7, 11) is 0. The maximum absolute atomic E-state index is 5.64. The number of nitrogens with one attached hydrogen (secondary N) is 1. The van der Waals surface area contributed by atoms with Crippen LogP contribution in [0.25, 0.3) is 0 Å². The lowest BCUT2D eigenvalue weighted by molar-refractivity contribution is 0.0612. The first kappa shape index (κ1) is 11.9. The first-order chi connectivity index (χ1) is 8.12. The third-order valence-electron chi connectivity index (χ3n) is 5.09. The van der Waals surface area contributed by atoms with E-state index in [0.717, 1.165) is 19.1 Å². The summed E-state index contributed by atoms with van der Waals surface area (Å²) >= 11 is 0. The highest BCUT2D eigenvalue weighted by molar-refractivity contribution is 5.04. The largest absolute Gasteiger partial charge is 0.379 e. The predicted octanol–water partition coefficient (Wildman–Crippen LogP) is 1.63. The maximum atomic E-state index is 5.64. The van der Waals surface area contributed by atoms with Crippen LogP contribution in [-0.4, -0.2) is 48.8 Å². The van der Waals surface area contributed by atoms with Crippen molar-refractivity contribution >= 4 is 0 Å². The molecule has 1 N–H and O–H groups in total. The minimum Gasteiger partial charge on any atom is -0.379 e. The summed E-state index contributed by atoms with van der Waals surface area (Å²) in [4.78, 5) is 2.71. The van der Waals surface area contributed by atoms with E-state index in [2.05, 4.69) is 24.1 Å². The molecule has 2 unspecified atom stereocenters. The lowest BCUT2D eigenvalue weighted by Gasteiger charge is -2.42. The van der Waals surface area contributed by atoms with E-state index in [4.69, 9.17) is 4.74 Å². The van der Waals surface area contributed by atoms with E-state index in [9.17, 15) is 0 Å². The summed E-state index contributed by atoms with van der Waals surface area (Å²) in [5.74, 6) is 0.911. The Bertz CT molecular complexity index is 284. The van der Waals surface area contributed by atoms with Gasteiger partial charge in [-0.2, -0.15) is 0 Å². The Balaban J connectivity index is 1.75. The average Bonchev–Trinajstić information content (AvgIpc) is 3.08. The predicted molar refractivity (Wildman–Crippen MR) is 69.2 cm³/mol. The molecule has 1 saturated carbocycles. The third-order valence-corrected chi connectivity index (χ3v) is 5.09. The Labute approximate surface area is 105 Å².